The van der Waals surface area contributed by atoms with E-state index < -0.39 is 6.10 Å². The Labute approximate surface area is 92.3 Å². The van der Waals surface area contributed by atoms with Crippen molar-refractivity contribution in [2.75, 3.05) is 6.61 Å². The molecule has 0 aliphatic carbocycles. The van der Waals surface area contributed by atoms with Gasteiger partial charge < -0.3 is 9.84 Å². The zero-order chi connectivity index (χ0) is 10.6. The number of benzene rings is 1. The van der Waals surface area contributed by atoms with Gasteiger partial charge in [-0.1, -0.05) is 28.6 Å². The molecule has 14 heavy (non-hydrogen) atoms. The molecule has 1 rings (SSSR count). The zero-order valence-electron chi connectivity index (χ0n) is 8.03. The van der Waals surface area contributed by atoms with E-state index in [4.69, 9.17) is 4.74 Å². The first-order valence-corrected chi connectivity index (χ1v) is 5.15. The molecular weight excluding hydrogens is 244 g/mol. The minimum absolute atomic E-state index is 0.446. The van der Waals surface area contributed by atoms with Crippen LogP contribution in [0.25, 0.3) is 0 Å². The van der Waals surface area contributed by atoms with Gasteiger partial charge in [0.2, 0.25) is 0 Å². The second kappa shape index (κ2) is 5.17. The number of hydrogen-bond acceptors (Lipinski definition) is 2. The maximum Gasteiger partial charge on any atom is 0.125 e. The van der Waals surface area contributed by atoms with Crippen molar-refractivity contribution in [2.45, 2.75) is 13.0 Å². The first kappa shape index (κ1) is 11.3. The fourth-order valence-electron chi connectivity index (χ4n) is 1.13. The van der Waals surface area contributed by atoms with Gasteiger partial charge in [0.25, 0.3) is 0 Å². The molecule has 2 nitrogen and oxygen atoms in total. The lowest BCUT2D eigenvalue weighted by molar-refractivity contribution is 0.193. The average molecular weight is 257 g/mol. The fourth-order valence-corrected chi connectivity index (χ4v) is 1.50. The van der Waals surface area contributed by atoms with Crippen LogP contribution in [0.5, 0.6) is 5.75 Å². The molecule has 3 heteroatoms. The lowest BCUT2D eigenvalue weighted by Gasteiger charge is -2.12. The lowest BCUT2D eigenvalue weighted by Crippen LogP contribution is -2.00. The Morgan fingerprint density at radius 2 is 2.36 bits per heavy atom. The van der Waals surface area contributed by atoms with Crippen LogP contribution in [0.15, 0.2) is 35.3 Å². The molecule has 1 aromatic rings. The largest absolute Gasteiger partial charge is 0.489 e. The van der Waals surface area contributed by atoms with Gasteiger partial charge in [-0.3, -0.25) is 0 Å². The molecule has 0 aliphatic heterocycles. The quantitative estimate of drug-likeness (QED) is 0.840. The Hall–Kier alpha value is -0.800. The van der Waals surface area contributed by atoms with Crippen LogP contribution in [0.1, 0.15) is 18.6 Å². The molecule has 0 saturated heterocycles. The highest BCUT2D eigenvalue weighted by Crippen LogP contribution is 2.28. The van der Waals surface area contributed by atoms with E-state index in [0.717, 1.165) is 10.0 Å². The predicted molar refractivity (Wildman–Crippen MR) is 60.5 cm³/mol. The Morgan fingerprint density at radius 1 is 1.64 bits per heavy atom. The van der Waals surface area contributed by atoms with E-state index in [1.807, 2.05) is 18.2 Å². The van der Waals surface area contributed by atoms with Crippen molar-refractivity contribution in [3.63, 3.8) is 0 Å². The van der Waals surface area contributed by atoms with E-state index in [0.29, 0.717) is 12.4 Å². The van der Waals surface area contributed by atoms with Gasteiger partial charge in [-0.05, 0) is 25.1 Å². The minimum Gasteiger partial charge on any atom is -0.489 e. The van der Waals surface area contributed by atoms with E-state index in [9.17, 15) is 5.11 Å². The van der Waals surface area contributed by atoms with Crippen LogP contribution < -0.4 is 4.74 Å². The molecule has 1 atom stereocenters. The molecule has 76 valence electrons. The Balaban J connectivity index is 2.95. The maximum atomic E-state index is 9.50. The van der Waals surface area contributed by atoms with Gasteiger partial charge in [0.05, 0.1) is 6.10 Å². The first-order valence-electron chi connectivity index (χ1n) is 4.36. The summed E-state index contributed by atoms with van der Waals surface area (Å²) in [5, 5.41) is 9.50. The summed E-state index contributed by atoms with van der Waals surface area (Å²) in [5.41, 5.74) is 0.779. The van der Waals surface area contributed by atoms with Crippen LogP contribution in [0, 0.1) is 0 Å². The summed E-state index contributed by atoms with van der Waals surface area (Å²) in [6.07, 6.45) is 1.14. The predicted octanol–water partition coefficient (Wildman–Crippen LogP) is 3.07. The van der Waals surface area contributed by atoms with Crippen LogP contribution in [0.3, 0.4) is 0 Å². The summed E-state index contributed by atoms with van der Waals surface area (Å²) in [6, 6.07) is 5.56. The van der Waals surface area contributed by atoms with Crippen molar-refractivity contribution in [3.8, 4) is 5.75 Å². The van der Waals surface area contributed by atoms with E-state index in [1.165, 1.54) is 0 Å². The van der Waals surface area contributed by atoms with E-state index in [2.05, 4.69) is 22.5 Å². The van der Waals surface area contributed by atoms with Crippen LogP contribution in [0.4, 0.5) is 0 Å². The van der Waals surface area contributed by atoms with Gasteiger partial charge in [0.15, 0.2) is 0 Å². The summed E-state index contributed by atoms with van der Waals surface area (Å²) in [5.74, 6) is 0.697. The number of ether oxygens (including phenoxy) is 1. The highest BCUT2D eigenvalue weighted by atomic mass is 79.9. The second-order valence-electron chi connectivity index (χ2n) is 2.96. The zero-order valence-corrected chi connectivity index (χ0v) is 9.62. The molecule has 0 amide bonds. The molecule has 0 spiro atoms. The molecule has 1 aromatic carbocycles. The van der Waals surface area contributed by atoms with Crippen molar-refractivity contribution < 1.29 is 9.84 Å². The molecule has 0 radical (unpaired) electrons. The van der Waals surface area contributed by atoms with Gasteiger partial charge in [-0.25, -0.2) is 0 Å². The van der Waals surface area contributed by atoms with Gasteiger partial charge in [-0.15, -0.1) is 0 Å². The summed E-state index contributed by atoms with van der Waals surface area (Å²) in [4.78, 5) is 0. The van der Waals surface area contributed by atoms with Crippen LogP contribution >= 0.6 is 15.9 Å². The molecule has 0 aliphatic rings. The van der Waals surface area contributed by atoms with Crippen molar-refractivity contribution in [1.82, 2.24) is 0 Å². The first-order chi connectivity index (χ1) is 6.65. The van der Waals surface area contributed by atoms with Gasteiger partial charge >= 0.3 is 0 Å². The standard InChI is InChI=1S/C11H13BrO2/c1-3-6-14-11-5-4-9(12)7-10(11)8(2)13/h3-5,7-8,13H,1,6H2,2H3/t8-/m1/s1. The summed E-state index contributed by atoms with van der Waals surface area (Å²) in [6.45, 7) is 5.73. The second-order valence-corrected chi connectivity index (χ2v) is 3.87. The SMILES string of the molecule is C=CCOc1ccc(Br)cc1[C@@H](C)O. The Bertz CT molecular complexity index is 321. The number of rotatable bonds is 4. The number of aliphatic hydroxyl groups is 1. The van der Waals surface area contributed by atoms with E-state index >= 15 is 0 Å². The summed E-state index contributed by atoms with van der Waals surface area (Å²) >= 11 is 3.35. The third-order valence-electron chi connectivity index (χ3n) is 1.78. The highest BCUT2D eigenvalue weighted by molar-refractivity contribution is 9.10. The molecule has 1 N–H and O–H groups in total. The number of halogens is 1. The molecular formula is C11H13BrO2. The van der Waals surface area contributed by atoms with Gasteiger partial charge in [0, 0.05) is 10.0 Å². The smallest absolute Gasteiger partial charge is 0.125 e. The van der Waals surface area contributed by atoms with Crippen LogP contribution in [-0.2, 0) is 0 Å². The fraction of sp³-hybridized carbons (Fsp3) is 0.273. The Kier molecular flexibility index (Phi) is 4.17. The molecule has 0 unspecified atom stereocenters. The molecule has 0 saturated carbocycles. The normalized spacial score (nSPS) is 12.2. The molecule has 0 heterocycles. The third-order valence-corrected chi connectivity index (χ3v) is 2.27. The number of hydrogen-bond donors (Lipinski definition) is 1. The van der Waals surface area contributed by atoms with Crippen molar-refractivity contribution >= 4 is 15.9 Å². The maximum absolute atomic E-state index is 9.50. The number of aliphatic hydroxyl groups excluding tert-OH is 1. The lowest BCUT2D eigenvalue weighted by atomic mass is 10.1. The summed E-state index contributed by atoms with van der Waals surface area (Å²) in [7, 11) is 0. The molecule has 0 aromatic heterocycles. The van der Waals surface area contributed by atoms with Crippen LogP contribution in [0.2, 0.25) is 0 Å². The van der Waals surface area contributed by atoms with Crippen molar-refractivity contribution in [2.24, 2.45) is 0 Å². The molecule has 0 fully saturated rings. The van der Waals surface area contributed by atoms with E-state index in [1.54, 1.807) is 13.0 Å². The van der Waals surface area contributed by atoms with Crippen molar-refractivity contribution in [1.29, 1.82) is 0 Å². The monoisotopic (exact) mass is 256 g/mol. The molecule has 0 bridgehead atoms. The van der Waals surface area contributed by atoms with Gasteiger partial charge in [0.1, 0.15) is 12.4 Å². The highest BCUT2D eigenvalue weighted by Gasteiger charge is 2.08. The summed E-state index contributed by atoms with van der Waals surface area (Å²) < 4.78 is 6.33. The van der Waals surface area contributed by atoms with Crippen LogP contribution in [-0.4, -0.2) is 11.7 Å². The Morgan fingerprint density at radius 3 is 2.93 bits per heavy atom. The average Bonchev–Trinajstić information content (AvgIpc) is 2.15. The topological polar surface area (TPSA) is 29.5 Å². The van der Waals surface area contributed by atoms with E-state index in [-0.39, 0.29) is 0 Å². The van der Waals surface area contributed by atoms with Crippen molar-refractivity contribution in [3.05, 3.63) is 40.9 Å². The minimum atomic E-state index is -0.535. The van der Waals surface area contributed by atoms with Gasteiger partial charge in [-0.2, -0.15) is 0 Å². The third kappa shape index (κ3) is 2.86.